The average molecular weight is 433 g/mol. The van der Waals surface area contributed by atoms with Crippen molar-refractivity contribution < 1.29 is 27.9 Å². The van der Waals surface area contributed by atoms with Crippen molar-refractivity contribution >= 4 is 21.6 Å². The first-order valence-electron chi connectivity index (χ1n) is 9.67. The minimum absolute atomic E-state index is 0.00756. The lowest BCUT2D eigenvalue weighted by Gasteiger charge is -2.43. The largest absolute Gasteiger partial charge is 0.423 e. The summed E-state index contributed by atoms with van der Waals surface area (Å²) in [6.07, 6.45) is 6.16. The number of hydrogen-bond acceptors (Lipinski definition) is 6. The van der Waals surface area contributed by atoms with Crippen LogP contribution in [0.3, 0.4) is 0 Å². The Bertz CT molecular complexity index is 1030. The summed E-state index contributed by atoms with van der Waals surface area (Å²) in [5, 5.41) is 11.1. The molecule has 0 fully saturated rings. The van der Waals surface area contributed by atoms with Gasteiger partial charge in [0.05, 0.1) is 10.6 Å². The van der Waals surface area contributed by atoms with Crippen molar-refractivity contribution in [2.45, 2.75) is 51.5 Å². The average Bonchev–Trinajstić information content (AvgIpc) is 2.64. The molecule has 0 amide bonds. The van der Waals surface area contributed by atoms with Gasteiger partial charge in [0.2, 0.25) is 0 Å². The molecule has 162 valence electrons. The molecular weight excluding hydrogens is 404 g/mol. The molecule has 1 unspecified atom stereocenters. The molecule has 1 N–H and O–H groups in total. The van der Waals surface area contributed by atoms with Gasteiger partial charge in [-0.05, 0) is 61.4 Å². The van der Waals surface area contributed by atoms with Crippen molar-refractivity contribution in [3.05, 3.63) is 59.7 Å². The van der Waals surface area contributed by atoms with Gasteiger partial charge in [-0.3, -0.25) is 4.79 Å². The van der Waals surface area contributed by atoms with Crippen LogP contribution in [-0.4, -0.2) is 36.6 Å². The summed E-state index contributed by atoms with van der Waals surface area (Å²) < 4.78 is 28.9. The second kappa shape index (κ2) is 8.70. The summed E-state index contributed by atoms with van der Waals surface area (Å²) in [6, 6.07) is 5.65. The highest BCUT2D eigenvalue weighted by molar-refractivity contribution is 7.91. The van der Waals surface area contributed by atoms with Crippen molar-refractivity contribution in [2.75, 3.05) is 5.75 Å². The van der Waals surface area contributed by atoms with E-state index in [0.29, 0.717) is 11.1 Å². The first-order chi connectivity index (χ1) is 13.8. The van der Waals surface area contributed by atoms with E-state index in [1.165, 1.54) is 36.4 Å². The second-order valence-corrected chi connectivity index (χ2v) is 10.4. The SMILES string of the molecule is CCS(=O)(=O)c1ccc(OC(=O)/C=C(C)/C=C/C2(O)C(C)=CC(=O)CC2(C)C)cc1. The van der Waals surface area contributed by atoms with Gasteiger partial charge in [-0.1, -0.05) is 26.8 Å². The van der Waals surface area contributed by atoms with Crippen molar-refractivity contribution in [3.63, 3.8) is 0 Å². The van der Waals surface area contributed by atoms with E-state index < -0.39 is 26.8 Å². The number of sulfone groups is 1. The van der Waals surface area contributed by atoms with E-state index in [-0.39, 0.29) is 28.6 Å². The van der Waals surface area contributed by atoms with Crippen LogP contribution in [0.5, 0.6) is 5.75 Å². The summed E-state index contributed by atoms with van der Waals surface area (Å²) in [4.78, 5) is 24.1. The maximum absolute atomic E-state index is 12.2. The minimum atomic E-state index is -3.31. The summed E-state index contributed by atoms with van der Waals surface area (Å²) >= 11 is 0. The van der Waals surface area contributed by atoms with E-state index >= 15 is 0 Å². The van der Waals surface area contributed by atoms with Gasteiger partial charge in [0.25, 0.3) is 0 Å². The van der Waals surface area contributed by atoms with E-state index in [1.807, 2.05) is 13.8 Å². The molecule has 0 heterocycles. The van der Waals surface area contributed by atoms with Crippen LogP contribution in [0.2, 0.25) is 0 Å². The Hall–Kier alpha value is -2.51. The fourth-order valence-corrected chi connectivity index (χ4v) is 4.26. The standard InChI is InChI=1S/C23H28O6S/c1-6-30(27,28)20-9-7-19(8-10-20)29-21(25)13-16(2)11-12-23(26)17(3)14-18(24)15-22(23,4)5/h7-14,26H,6,15H2,1-5H3/b12-11+,16-13+. The number of hydrogen-bond donors (Lipinski definition) is 1. The van der Waals surface area contributed by atoms with Crippen LogP contribution in [0.4, 0.5) is 0 Å². The van der Waals surface area contributed by atoms with Gasteiger partial charge in [-0.15, -0.1) is 0 Å². The highest BCUT2D eigenvalue weighted by Gasteiger charge is 2.46. The van der Waals surface area contributed by atoms with E-state index in [9.17, 15) is 23.1 Å². The Labute approximate surface area is 177 Å². The number of carbonyl (C=O) groups excluding carboxylic acids is 2. The molecule has 0 saturated heterocycles. The van der Waals surface area contributed by atoms with Crippen LogP contribution < -0.4 is 4.74 Å². The van der Waals surface area contributed by atoms with E-state index in [1.54, 1.807) is 32.9 Å². The van der Waals surface area contributed by atoms with Crippen LogP contribution in [0, 0.1) is 5.41 Å². The molecule has 0 saturated carbocycles. The maximum Gasteiger partial charge on any atom is 0.336 e. The molecule has 0 aliphatic heterocycles. The Kier molecular flexibility index (Phi) is 6.89. The summed E-state index contributed by atoms with van der Waals surface area (Å²) in [6.45, 7) is 8.60. The lowest BCUT2D eigenvalue weighted by atomic mass is 9.64. The predicted molar refractivity (Wildman–Crippen MR) is 115 cm³/mol. The summed E-state index contributed by atoms with van der Waals surface area (Å²) in [7, 11) is -3.31. The molecule has 2 rings (SSSR count). The fourth-order valence-electron chi connectivity index (χ4n) is 3.38. The molecule has 6 nitrogen and oxygen atoms in total. The van der Waals surface area contributed by atoms with Gasteiger partial charge < -0.3 is 9.84 Å². The predicted octanol–water partition coefficient (Wildman–Crippen LogP) is 3.56. The molecular formula is C23H28O6S. The van der Waals surface area contributed by atoms with Gasteiger partial charge in [0.1, 0.15) is 11.4 Å². The molecule has 1 aromatic carbocycles. The Balaban J connectivity index is 2.13. The van der Waals surface area contributed by atoms with E-state index in [0.717, 1.165) is 0 Å². The van der Waals surface area contributed by atoms with Crippen LogP contribution in [0.25, 0.3) is 0 Å². The van der Waals surface area contributed by atoms with Crippen LogP contribution >= 0.6 is 0 Å². The van der Waals surface area contributed by atoms with Crippen LogP contribution in [0.1, 0.15) is 41.0 Å². The summed E-state index contributed by atoms with van der Waals surface area (Å²) in [5.41, 5.74) is -0.877. The zero-order valence-corrected chi connectivity index (χ0v) is 18.7. The highest BCUT2D eigenvalue weighted by Crippen LogP contribution is 2.44. The highest BCUT2D eigenvalue weighted by atomic mass is 32.2. The van der Waals surface area contributed by atoms with Gasteiger partial charge in [-0.2, -0.15) is 0 Å². The molecule has 1 aliphatic carbocycles. The maximum atomic E-state index is 12.2. The number of aliphatic hydroxyl groups is 1. The Morgan fingerprint density at radius 3 is 2.37 bits per heavy atom. The minimum Gasteiger partial charge on any atom is -0.423 e. The topological polar surface area (TPSA) is 97.7 Å². The molecule has 0 bridgehead atoms. The first-order valence-corrected chi connectivity index (χ1v) is 11.3. The second-order valence-electron chi connectivity index (χ2n) is 8.14. The fraction of sp³-hybridized carbons (Fsp3) is 0.391. The van der Waals surface area contributed by atoms with Crippen molar-refractivity contribution in [2.24, 2.45) is 5.41 Å². The zero-order chi connectivity index (χ0) is 22.7. The van der Waals surface area contributed by atoms with Gasteiger partial charge >= 0.3 is 5.97 Å². The molecule has 1 atom stereocenters. The van der Waals surface area contributed by atoms with Crippen LogP contribution in [-0.2, 0) is 19.4 Å². The third-order valence-electron chi connectivity index (χ3n) is 5.34. The molecule has 7 heteroatoms. The number of carbonyl (C=O) groups is 2. The number of benzene rings is 1. The Morgan fingerprint density at radius 2 is 1.83 bits per heavy atom. The van der Waals surface area contributed by atoms with Gasteiger partial charge in [-0.25, -0.2) is 13.2 Å². The zero-order valence-electron chi connectivity index (χ0n) is 17.9. The molecule has 0 aromatic heterocycles. The number of allylic oxidation sites excluding steroid dienone is 3. The van der Waals surface area contributed by atoms with Crippen molar-refractivity contribution in [1.82, 2.24) is 0 Å². The molecule has 30 heavy (non-hydrogen) atoms. The van der Waals surface area contributed by atoms with Crippen LogP contribution in [0.15, 0.2) is 64.6 Å². The molecule has 0 spiro atoms. The lowest BCUT2D eigenvalue weighted by molar-refractivity contribution is -0.129. The normalized spacial score (nSPS) is 22.1. The quantitative estimate of drug-likeness (QED) is 0.319. The van der Waals surface area contributed by atoms with E-state index in [2.05, 4.69) is 0 Å². The first kappa shape index (κ1) is 23.8. The van der Waals surface area contributed by atoms with Crippen molar-refractivity contribution in [3.8, 4) is 5.75 Å². The number of rotatable bonds is 6. The third-order valence-corrected chi connectivity index (χ3v) is 7.09. The summed E-state index contributed by atoms with van der Waals surface area (Å²) in [5.74, 6) is -0.427. The number of ketones is 1. The molecule has 1 aliphatic rings. The van der Waals surface area contributed by atoms with Crippen molar-refractivity contribution in [1.29, 1.82) is 0 Å². The van der Waals surface area contributed by atoms with E-state index in [4.69, 9.17) is 4.74 Å². The Morgan fingerprint density at radius 1 is 1.23 bits per heavy atom. The molecule has 1 aromatic rings. The third kappa shape index (κ3) is 5.15. The molecule has 0 radical (unpaired) electrons. The smallest absolute Gasteiger partial charge is 0.336 e. The number of ether oxygens (including phenoxy) is 1. The number of esters is 1. The van der Waals surface area contributed by atoms with Gasteiger partial charge in [0.15, 0.2) is 15.6 Å². The van der Waals surface area contributed by atoms with Gasteiger partial charge in [0, 0.05) is 17.9 Å². The monoisotopic (exact) mass is 432 g/mol. The lowest BCUT2D eigenvalue weighted by Crippen LogP contribution is -2.48.